The van der Waals surface area contributed by atoms with Crippen LogP contribution in [0, 0.1) is 0 Å². The highest BCUT2D eigenvalue weighted by atomic mass is 32.2. The summed E-state index contributed by atoms with van der Waals surface area (Å²) < 4.78 is 103. The minimum Gasteiger partial charge on any atom is -0.505 e. The fourth-order valence-electron chi connectivity index (χ4n) is 4.39. The molecule has 5 aromatic carbocycles. The molecule has 0 saturated heterocycles. The highest BCUT2D eigenvalue weighted by Crippen LogP contribution is 2.48. The average Bonchev–Trinajstić information content (AvgIpc) is 2.94. The van der Waals surface area contributed by atoms with Crippen molar-refractivity contribution in [1.82, 2.24) is 0 Å². The second kappa shape index (κ2) is 11.0. The number of hydrogen-bond acceptors (Lipinski definition) is 12. The first-order valence-electron chi connectivity index (χ1n) is 12.0. The molecule has 0 atom stereocenters. The lowest BCUT2D eigenvalue weighted by atomic mass is 10.1. The maximum absolute atomic E-state index is 12.3. The van der Waals surface area contributed by atoms with Gasteiger partial charge in [-0.15, -0.1) is 15.3 Å². The van der Waals surface area contributed by atoms with Crippen molar-refractivity contribution in [2.45, 2.75) is 14.7 Å². The molecule has 44 heavy (non-hydrogen) atoms. The summed E-state index contributed by atoms with van der Waals surface area (Å²) in [7, 11) is -15.2. The summed E-state index contributed by atoms with van der Waals surface area (Å²) in [5, 5.41) is 26.0. The Labute approximate surface area is 249 Å². The topological polar surface area (TPSA) is 259 Å². The molecular formula is C26H19N5O10S3. The van der Waals surface area contributed by atoms with Crippen LogP contribution < -0.4 is 5.73 Å². The van der Waals surface area contributed by atoms with Crippen LogP contribution in [0.4, 0.5) is 28.4 Å². The van der Waals surface area contributed by atoms with Crippen molar-refractivity contribution in [1.29, 1.82) is 0 Å². The number of nitrogen functional groups attached to an aromatic ring is 1. The van der Waals surface area contributed by atoms with Gasteiger partial charge in [0.25, 0.3) is 30.4 Å². The molecule has 0 heterocycles. The van der Waals surface area contributed by atoms with Gasteiger partial charge in [0.2, 0.25) is 0 Å². The Morgan fingerprint density at radius 1 is 0.591 bits per heavy atom. The summed E-state index contributed by atoms with van der Waals surface area (Å²) in [5.74, 6) is -1.04. The fraction of sp³-hybridized carbons (Fsp3) is 0. The minimum absolute atomic E-state index is 0.0552. The fourth-order valence-corrected chi connectivity index (χ4v) is 6.56. The van der Waals surface area contributed by atoms with Crippen LogP contribution >= 0.6 is 0 Å². The number of aromatic hydroxyl groups is 1. The Morgan fingerprint density at radius 3 is 1.77 bits per heavy atom. The van der Waals surface area contributed by atoms with Crippen molar-refractivity contribution in [3.8, 4) is 5.75 Å². The predicted octanol–water partition coefficient (Wildman–Crippen LogP) is 5.85. The van der Waals surface area contributed by atoms with E-state index >= 15 is 0 Å². The van der Waals surface area contributed by atoms with Gasteiger partial charge in [0.15, 0.2) is 5.75 Å². The van der Waals surface area contributed by atoms with Gasteiger partial charge in [-0.3, -0.25) is 13.7 Å². The van der Waals surface area contributed by atoms with Crippen LogP contribution in [0.3, 0.4) is 0 Å². The van der Waals surface area contributed by atoms with Crippen molar-refractivity contribution >= 4 is 80.3 Å². The number of azo groups is 2. The van der Waals surface area contributed by atoms with Crippen LogP contribution in [0.1, 0.15) is 0 Å². The quantitative estimate of drug-likeness (QED) is 0.0787. The van der Waals surface area contributed by atoms with Crippen LogP contribution in [0.25, 0.3) is 21.5 Å². The monoisotopic (exact) mass is 657 g/mol. The van der Waals surface area contributed by atoms with E-state index in [1.54, 1.807) is 30.3 Å². The third-order valence-electron chi connectivity index (χ3n) is 6.27. The number of nitrogens with two attached hydrogens (primary N) is 1. The van der Waals surface area contributed by atoms with Crippen LogP contribution in [0.2, 0.25) is 0 Å². The molecule has 0 saturated carbocycles. The summed E-state index contributed by atoms with van der Waals surface area (Å²) in [6.07, 6.45) is 0. The van der Waals surface area contributed by atoms with Gasteiger partial charge in [0, 0.05) is 5.39 Å². The van der Waals surface area contributed by atoms with Gasteiger partial charge in [0.1, 0.15) is 31.7 Å². The molecule has 0 bridgehead atoms. The molecule has 18 heteroatoms. The first-order chi connectivity index (χ1) is 20.6. The minimum atomic E-state index is -5.22. The Hall–Kier alpha value is -4.85. The van der Waals surface area contributed by atoms with Gasteiger partial charge in [-0.1, -0.05) is 48.5 Å². The lowest BCUT2D eigenvalue weighted by molar-refractivity contribution is 0.472. The number of benzene rings is 5. The molecule has 0 amide bonds. The third-order valence-corrected chi connectivity index (χ3v) is 8.95. The van der Waals surface area contributed by atoms with Gasteiger partial charge in [-0.25, -0.2) is 0 Å². The van der Waals surface area contributed by atoms with Crippen molar-refractivity contribution in [3.05, 3.63) is 78.9 Å². The van der Waals surface area contributed by atoms with Gasteiger partial charge in [0.05, 0.1) is 16.8 Å². The number of nitrogens with zero attached hydrogens (tertiary/aromatic N) is 4. The van der Waals surface area contributed by atoms with Crippen molar-refractivity contribution in [3.63, 3.8) is 0 Å². The summed E-state index contributed by atoms with van der Waals surface area (Å²) >= 11 is 0. The first-order valence-corrected chi connectivity index (χ1v) is 16.3. The highest BCUT2D eigenvalue weighted by molar-refractivity contribution is 7.86. The lowest BCUT2D eigenvalue weighted by Crippen LogP contribution is -2.04. The average molecular weight is 658 g/mol. The van der Waals surface area contributed by atoms with Crippen molar-refractivity contribution < 1.29 is 44.0 Å². The second-order valence-corrected chi connectivity index (χ2v) is 13.2. The maximum atomic E-state index is 12.3. The van der Waals surface area contributed by atoms with Gasteiger partial charge in [-0.2, -0.15) is 30.4 Å². The second-order valence-electron chi connectivity index (χ2n) is 9.10. The molecule has 226 valence electrons. The number of rotatable bonds is 7. The molecule has 0 aliphatic carbocycles. The normalized spacial score (nSPS) is 13.0. The molecule has 6 N–H and O–H groups in total. The number of hydrogen-bond donors (Lipinski definition) is 5. The maximum Gasteiger partial charge on any atom is 0.297 e. The molecule has 0 spiro atoms. The molecule has 0 unspecified atom stereocenters. The van der Waals surface area contributed by atoms with Gasteiger partial charge < -0.3 is 10.8 Å². The number of fused-ring (bicyclic) bond motifs is 2. The predicted molar refractivity (Wildman–Crippen MR) is 158 cm³/mol. The number of phenolic OH excluding ortho intramolecular Hbond substituents is 1. The largest absolute Gasteiger partial charge is 0.505 e. The van der Waals surface area contributed by atoms with Crippen LogP contribution in [0.15, 0.2) is 114 Å². The molecule has 0 fully saturated rings. The van der Waals surface area contributed by atoms with E-state index in [0.29, 0.717) is 11.5 Å². The molecular weight excluding hydrogens is 639 g/mol. The molecule has 0 radical (unpaired) electrons. The van der Waals surface area contributed by atoms with Gasteiger partial charge >= 0.3 is 0 Å². The SMILES string of the molecule is Nc1c(N=Nc2ccccc2)c(S(=O)(=O)O)cc2cc(S(=O)(=O)O)c(N=Nc3ccc4ccccc4c3S(=O)(=O)O)c(O)c12. The van der Waals surface area contributed by atoms with Crippen LogP contribution in [0.5, 0.6) is 5.75 Å². The van der Waals surface area contributed by atoms with E-state index in [-0.39, 0.29) is 16.5 Å². The molecule has 15 nitrogen and oxygen atoms in total. The molecule has 5 rings (SSSR count). The van der Waals surface area contributed by atoms with Crippen molar-refractivity contribution in [2.75, 3.05) is 5.73 Å². The van der Waals surface area contributed by atoms with Crippen LogP contribution in [-0.2, 0) is 30.4 Å². The van der Waals surface area contributed by atoms with E-state index in [2.05, 4.69) is 20.5 Å². The number of anilines is 1. The molecule has 5 aromatic rings. The lowest BCUT2D eigenvalue weighted by Gasteiger charge is -2.14. The highest BCUT2D eigenvalue weighted by Gasteiger charge is 2.28. The first kappa shape index (κ1) is 30.6. The summed E-state index contributed by atoms with van der Waals surface area (Å²) in [6, 6.07) is 18.1. The molecule has 0 aliphatic rings. The Bertz CT molecular complexity index is 2380. The number of phenols is 1. The summed E-state index contributed by atoms with van der Waals surface area (Å²) in [4.78, 5) is -2.65. The van der Waals surface area contributed by atoms with E-state index in [1.165, 1.54) is 30.3 Å². The van der Waals surface area contributed by atoms with E-state index < -0.39 is 78.9 Å². The Morgan fingerprint density at radius 2 is 1.16 bits per heavy atom. The zero-order valence-electron chi connectivity index (χ0n) is 21.8. The Balaban J connectivity index is 1.81. The van der Waals surface area contributed by atoms with E-state index in [4.69, 9.17) is 5.73 Å². The summed E-state index contributed by atoms with van der Waals surface area (Å²) in [5.41, 5.74) is 3.84. The summed E-state index contributed by atoms with van der Waals surface area (Å²) in [6.45, 7) is 0. The molecule has 0 aromatic heterocycles. The standard InChI is InChI=1S/C26H19N5O10S3/c27-22-21-15(12-19(42(33,34)35)23(22)30-28-16-7-2-1-3-8-16)13-20(43(36,37)38)24(25(21)32)31-29-18-11-10-14-6-4-5-9-17(14)26(18)44(39,40)41/h1-13,32H,27H2,(H,33,34,35)(H,36,37,38)(H,39,40,41). The van der Waals surface area contributed by atoms with Crippen LogP contribution in [-0.4, -0.2) is 44.0 Å². The van der Waals surface area contributed by atoms with E-state index in [0.717, 1.165) is 12.1 Å². The Kier molecular flexibility index (Phi) is 7.66. The zero-order valence-corrected chi connectivity index (χ0v) is 24.3. The third kappa shape index (κ3) is 5.84. The van der Waals surface area contributed by atoms with Gasteiger partial charge in [-0.05, 0) is 41.1 Å². The smallest absolute Gasteiger partial charge is 0.297 e. The molecule has 0 aliphatic heterocycles. The van der Waals surface area contributed by atoms with Crippen molar-refractivity contribution in [2.24, 2.45) is 20.5 Å². The zero-order chi connectivity index (χ0) is 32.0. The van der Waals surface area contributed by atoms with E-state index in [9.17, 15) is 44.0 Å². The van der Waals surface area contributed by atoms with E-state index in [1.807, 2.05) is 0 Å².